The van der Waals surface area contributed by atoms with E-state index in [4.69, 9.17) is 16.3 Å². The summed E-state index contributed by atoms with van der Waals surface area (Å²) in [5.74, 6) is 0.389. The minimum absolute atomic E-state index is 0.174. The van der Waals surface area contributed by atoms with E-state index in [2.05, 4.69) is 10.3 Å². The van der Waals surface area contributed by atoms with Gasteiger partial charge < -0.3 is 14.5 Å². The third-order valence-corrected chi connectivity index (χ3v) is 3.74. The molecule has 0 spiro atoms. The first-order valence-electron chi connectivity index (χ1n) is 7.13. The summed E-state index contributed by atoms with van der Waals surface area (Å²) in [6.45, 7) is 1.99. The van der Waals surface area contributed by atoms with Crippen LogP contribution < -0.4 is 10.1 Å². The standard InChI is InChI=1S/C17H16ClN3O2/c1-11-4-3-7-21-10-13(19-17(11)21)9-16(22)20-14-8-12(18)5-6-15(14)23-2/h3-8,10H,9H2,1-2H3,(H,20,22). The lowest BCUT2D eigenvalue weighted by atomic mass is 10.2. The molecule has 0 unspecified atom stereocenters. The zero-order valence-corrected chi connectivity index (χ0v) is 13.6. The van der Waals surface area contributed by atoms with Crippen molar-refractivity contribution in [1.29, 1.82) is 0 Å². The SMILES string of the molecule is COc1ccc(Cl)cc1NC(=O)Cc1cn2cccc(C)c2n1. The lowest BCUT2D eigenvalue weighted by Gasteiger charge is -2.09. The molecule has 0 fully saturated rings. The van der Waals surface area contributed by atoms with E-state index >= 15 is 0 Å². The number of carbonyl (C=O) groups is 1. The number of hydrogen-bond acceptors (Lipinski definition) is 3. The smallest absolute Gasteiger partial charge is 0.230 e. The quantitative estimate of drug-likeness (QED) is 0.797. The molecule has 1 aromatic carbocycles. The molecule has 2 aromatic heterocycles. The van der Waals surface area contributed by atoms with E-state index in [1.165, 1.54) is 0 Å². The van der Waals surface area contributed by atoms with Crippen LogP contribution in [0.1, 0.15) is 11.3 Å². The van der Waals surface area contributed by atoms with Crippen LogP contribution in [0.15, 0.2) is 42.7 Å². The van der Waals surface area contributed by atoms with Gasteiger partial charge in [0.25, 0.3) is 0 Å². The van der Waals surface area contributed by atoms with E-state index in [1.54, 1.807) is 25.3 Å². The van der Waals surface area contributed by atoms with E-state index < -0.39 is 0 Å². The van der Waals surface area contributed by atoms with E-state index in [9.17, 15) is 4.79 Å². The summed E-state index contributed by atoms with van der Waals surface area (Å²) >= 11 is 5.97. The van der Waals surface area contributed by atoms with Crippen molar-refractivity contribution in [3.8, 4) is 5.75 Å². The van der Waals surface area contributed by atoms with Crippen molar-refractivity contribution in [1.82, 2.24) is 9.38 Å². The van der Waals surface area contributed by atoms with Crippen molar-refractivity contribution in [2.24, 2.45) is 0 Å². The molecule has 118 valence electrons. The zero-order valence-electron chi connectivity index (χ0n) is 12.8. The fraction of sp³-hybridized carbons (Fsp3) is 0.176. The van der Waals surface area contributed by atoms with E-state index in [0.717, 1.165) is 11.2 Å². The number of nitrogens with one attached hydrogen (secondary N) is 1. The van der Waals surface area contributed by atoms with Gasteiger partial charge in [0, 0.05) is 17.4 Å². The highest BCUT2D eigenvalue weighted by molar-refractivity contribution is 6.31. The molecule has 0 saturated carbocycles. The van der Waals surface area contributed by atoms with Gasteiger partial charge >= 0.3 is 0 Å². The average Bonchev–Trinajstić information content (AvgIpc) is 2.91. The summed E-state index contributed by atoms with van der Waals surface area (Å²) in [4.78, 5) is 16.8. The second-order valence-electron chi connectivity index (χ2n) is 5.22. The van der Waals surface area contributed by atoms with Crippen molar-refractivity contribution in [3.63, 3.8) is 0 Å². The van der Waals surface area contributed by atoms with Gasteiger partial charge in [-0.15, -0.1) is 0 Å². The number of aryl methyl sites for hydroxylation is 1. The van der Waals surface area contributed by atoms with Crippen LogP contribution in [0, 0.1) is 6.92 Å². The van der Waals surface area contributed by atoms with Crippen LogP contribution in [0.3, 0.4) is 0 Å². The second-order valence-corrected chi connectivity index (χ2v) is 5.66. The fourth-order valence-electron chi connectivity index (χ4n) is 2.43. The minimum atomic E-state index is -0.174. The number of nitrogens with zero attached hydrogens (tertiary/aromatic N) is 2. The predicted octanol–water partition coefficient (Wildman–Crippen LogP) is 3.49. The van der Waals surface area contributed by atoms with Gasteiger partial charge in [-0.2, -0.15) is 0 Å². The summed E-state index contributed by atoms with van der Waals surface area (Å²) in [6, 6.07) is 9.02. The first kappa shape index (κ1) is 15.4. The molecular weight excluding hydrogens is 314 g/mol. The number of aromatic nitrogens is 2. The molecule has 5 nitrogen and oxygen atoms in total. The number of benzene rings is 1. The van der Waals surface area contributed by atoms with Crippen molar-refractivity contribution in [2.75, 3.05) is 12.4 Å². The van der Waals surface area contributed by atoms with Crippen LogP contribution in [0.25, 0.3) is 5.65 Å². The summed E-state index contributed by atoms with van der Waals surface area (Å²) in [7, 11) is 1.55. The largest absolute Gasteiger partial charge is 0.495 e. The first-order valence-corrected chi connectivity index (χ1v) is 7.51. The number of carbonyl (C=O) groups excluding carboxylic acids is 1. The Hall–Kier alpha value is -2.53. The maximum absolute atomic E-state index is 12.3. The second kappa shape index (κ2) is 6.30. The monoisotopic (exact) mass is 329 g/mol. The van der Waals surface area contributed by atoms with Gasteiger partial charge in [0.2, 0.25) is 5.91 Å². The molecule has 23 heavy (non-hydrogen) atoms. The number of pyridine rings is 1. The lowest BCUT2D eigenvalue weighted by molar-refractivity contribution is -0.115. The summed E-state index contributed by atoms with van der Waals surface area (Å²) in [6.07, 6.45) is 3.95. The molecule has 3 aromatic rings. The summed E-state index contributed by atoms with van der Waals surface area (Å²) in [5, 5.41) is 3.34. The molecule has 0 aliphatic heterocycles. The predicted molar refractivity (Wildman–Crippen MR) is 90.3 cm³/mol. The van der Waals surface area contributed by atoms with Crippen molar-refractivity contribution < 1.29 is 9.53 Å². The maximum Gasteiger partial charge on any atom is 0.230 e. The fourth-order valence-corrected chi connectivity index (χ4v) is 2.60. The van der Waals surface area contributed by atoms with Crippen LogP contribution in [0.2, 0.25) is 5.02 Å². The topological polar surface area (TPSA) is 55.6 Å². The lowest BCUT2D eigenvalue weighted by Crippen LogP contribution is -2.15. The van der Waals surface area contributed by atoms with E-state index in [-0.39, 0.29) is 12.3 Å². The van der Waals surface area contributed by atoms with Gasteiger partial charge in [0.1, 0.15) is 11.4 Å². The van der Waals surface area contributed by atoms with E-state index in [0.29, 0.717) is 22.2 Å². The van der Waals surface area contributed by atoms with Gasteiger partial charge in [-0.1, -0.05) is 17.7 Å². The summed E-state index contributed by atoms with van der Waals surface area (Å²) in [5.41, 5.74) is 3.18. The number of rotatable bonds is 4. The number of hydrogen-bond donors (Lipinski definition) is 1. The van der Waals surface area contributed by atoms with Gasteiger partial charge in [0.05, 0.1) is 24.9 Å². The Kier molecular flexibility index (Phi) is 4.21. The van der Waals surface area contributed by atoms with Crippen molar-refractivity contribution in [3.05, 3.63) is 59.0 Å². The van der Waals surface area contributed by atoms with Gasteiger partial charge in [-0.25, -0.2) is 4.98 Å². The Morgan fingerprint density at radius 2 is 2.22 bits per heavy atom. The van der Waals surface area contributed by atoms with Crippen molar-refractivity contribution >= 4 is 28.8 Å². The van der Waals surface area contributed by atoms with Gasteiger partial charge in [-0.05, 0) is 36.8 Å². The number of imidazole rings is 1. The number of halogens is 1. The molecule has 6 heteroatoms. The van der Waals surface area contributed by atoms with Gasteiger partial charge in [-0.3, -0.25) is 4.79 Å². The highest BCUT2D eigenvalue weighted by atomic mass is 35.5. The molecule has 2 heterocycles. The van der Waals surface area contributed by atoms with Crippen LogP contribution >= 0.6 is 11.6 Å². The molecule has 0 aliphatic rings. The molecule has 1 amide bonds. The molecule has 3 rings (SSSR count). The highest BCUT2D eigenvalue weighted by Gasteiger charge is 2.12. The molecule has 0 bridgehead atoms. The number of fused-ring (bicyclic) bond motifs is 1. The number of methoxy groups -OCH3 is 1. The Bertz CT molecular complexity index is 873. The molecule has 0 aliphatic carbocycles. The van der Waals surface area contributed by atoms with Crippen LogP contribution in [-0.4, -0.2) is 22.4 Å². The van der Waals surface area contributed by atoms with Crippen LogP contribution in [-0.2, 0) is 11.2 Å². The Labute approximate surface area is 138 Å². The molecule has 0 saturated heterocycles. The third kappa shape index (κ3) is 3.29. The average molecular weight is 330 g/mol. The van der Waals surface area contributed by atoms with Gasteiger partial charge in [0.15, 0.2) is 0 Å². The normalized spacial score (nSPS) is 10.7. The van der Waals surface area contributed by atoms with Crippen LogP contribution in [0.5, 0.6) is 5.75 Å². The minimum Gasteiger partial charge on any atom is -0.495 e. The molecule has 0 atom stereocenters. The number of amides is 1. The Morgan fingerprint density at radius 3 is 2.96 bits per heavy atom. The molecule has 0 radical (unpaired) electrons. The molecular formula is C17H16ClN3O2. The summed E-state index contributed by atoms with van der Waals surface area (Å²) < 4.78 is 7.14. The maximum atomic E-state index is 12.3. The third-order valence-electron chi connectivity index (χ3n) is 3.51. The van der Waals surface area contributed by atoms with E-state index in [1.807, 2.05) is 35.9 Å². The van der Waals surface area contributed by atoms with Crippen molar-refractivity contribution in [2.45, 2.75) is 13.3 Å². The highest BCUT2D eigenvalue weighted by Crippen LogP contribution is 2.27. The Balaban J connectivity index is 1.78. The van der Waals surface area contributed by atoms with Crippen LogP contribution in [0.4, 0.5) is 5.69 Å². The number of anilines is 1. The number of ether oxygens (including phenoxy) is 1. The zero-order chi connectivity index (χ0) is 16.4. The molecule has 1 N–H and O–H groups in total. The first-order chi connectivity index (χ1) is 11.1. The Morgan fingerprint density at radius 1 is 1.39 bits per heavy atom.